The first-order valence-electron chi connectivity index (χ1n) is 9.63. The number of methoxy groups -OCH3 is 2. The molecule has 0 heterocycles. The number of ether oxygens (including phenoxy) is 2. The minimum atomic E-state index is -0.209. The van der Waals surface area contributed by atoms with Crippen LogP contribution in [0.4, 0.5) is 16.2 Å². The van der Waals surface area contributed by atoms with Gasteiger partial charge in [-0.05, 0) is 68.7 Å². The highest BCUT2D eigenvalue weighted by Gasteiger charge is 2.08. The van der Waals surface area contributed by atoms with Gasteiger partial charge in [0.25, 0.3) is 0 Å². The number of aryl methyl sites for hydroxylation is 1. The van der Waals surface area contributed by atoms with Gasteiger partial charge in [-0.3, -0.25) is 0 Å². The van der Waals surface area contributed by atoms with Gasteiger partial charge in [0.1, 0.15) is 0 Å². The third kappa shape index (κ3) is 5.55. The molecule has 6 nitrogen and oxygen atoms in total. The van der Waals surface area contributed by atoms with Crippen molar-refractivity contribution in [3.05, 3.63) is 47.5 Å². The number of carbonyl (C=O) groups excluding carboxylic acids is 1. The van der Waals surface area contributed by atoms with Gasteiger partial charge in [0.2, 0.25) is 0 Å². The molecule has 2 aromatic carbocycles. The maximum Gasteiger partial charge on any atom is 0.319 e. The third-order valence-electron chi connectivity index (χ3n) is 4.73. The number of anilines is 2. The van der Waals surface area contributed by atoms with Crippen molar-refractivity contribution >= 4 is 17.4 Å². The minimum absolute atomic E-state index is 0.209. The molecule has 2 amide bonds. The molecule has 0 radical (unpaired) electrons. The van der Waals surface area contributed by atoms with Crippen LogP contribution in [-0.4, -0.2) is 39.9 Å². The molecule has 2 aromatic rings. The second kappa shape index (κ2) is 10.4. The number of carbonyl (C=O) groups is 1. The summed E-state index contributed by atoms with van der Waals surface area (Å²) < 4.78 is 10.6. The van der Waals surface area contributed by atoms with Crippen molar-refractivity contribution in [2.45, 2.75) is 27.2 Å². The Morgan fingerprint density at radius 2 is 1.71 bits per heavy atom. The van der Waals surface area contributed by atoms with Crippen molar-refractivity contribution in [3.63, 3.8) is 0 Å². The zero-order chi connectivity index (χ0) is 20.5. The van der Waals surface area contributed by atoms with Crippen LogP contribution in [-0.2, 0) is 6.42 Å². The van der Waals surface area contributed by atoms with E-state index in [1.165, 1.54) is 5.69 Å². The monoisotopic (exact) mass is 385 g/mol. The zero-order valence-electron chi connectivity index (χ0n) is 17.5. The third-order valence-corrected chi connectivity index (χ3v) is 4.73. The first kappa shape index (κ1) is 21.4. The molecular formula is C22H31N3O3. The van der Waals surface area contributed by atoms with Gasteiger partial charge >= 0.3 is 6.03 Å². The highest BCUT2D eigenvalue weighted by molar-refractivity contribution is 5.90. The molecule has 2 rings (SSSR count). The predicted molar refractivity (Wildman–Crippen MR) is 115 cm³/mol. The summed E-state index contributed by atoms with van der Waals surface area (Å²) >= 11 is 0. The highest BCUT2D eigenvalue weighted by Crippen LogP contribution is 2.27. The van der Waals surface area contributed by atoms with E-state index in [-0.39, 0.29) is 6.03 Å². The lowest BCUT2D eigenvalue weighted by atomic mass is 10.1. The summed E-state index contributed by atoms with van der Waals surface area (Å²) in [6.45, 7) is 8.72. The normalized spacial score (nSPS) is 10.3. The molecular weight excluding hydrogens is 354 g/mol. The van der Waals surface area contributed by atoms with E-state index in [1.54, 1.807) is 14.2 Å². The van der Waals surface area contributed by atoms with Gasteiger partial charge in [-0.2, -0.15) is 0 Å². The summed E-state index contributed by atoms with van der Waals surface area (Å²) in [6.07, 6.45) is 0.702. The fourth-order valence-corrected chi connectivity index (χ4v) is 3.10. The molecule has 0 bridgehead atoms. The largest absolute Gasteiger partial charge is 0.493 e. The number of nitrogens with one attached hydrogen (secondary N) is 2. The number of amides is 2. The number of hydrogen-bond donors (Lipinski definition) is 2. The van der Waals surface area contributed by atoms with Gasteiger partial charge in [0.15, 0.2) is 11.5 Å². The van der Waals surface area contributed by atoms with Crippen LogP contribution in [0.3, 0.4) is 0 Å². The highest BCUT2D eigenvalue weighted by atomic mass is 16.5. The van der Waals surface area contributed by atoms with E-state index in [4.69, 9.17) is 9.47 Å². The molecule has 0 fully saturated rings. The van der Waals surface area contributed by atoms with Crippen molar-refractivity contribution in [3.8, 4) is 11.5 Å². The average Bonchev–Trinajstić information content (AvgIpc) is 2.70. The Kier molecular flexibility index (Phi) is 7.99. The van der Waals surface area contributed by atoms with Gasteiger partial charge in [-0.15, -0.1) is 0 Å². The molecule has 0 aliphatic carbocycles. The quantitative estimate of drug-likeness (QED) is 0.678. The van der Waals surface area contributed by atoms with E-state index in [0.717, 1.165) is 29.9 Å². The fraction of sp³-hybridized carbons (Fsp3) is 0.409. The lowest BCUT2D eigenvalue weighted by Crippen LogP contribution is -2.30. The van der Waals surface area contributed by atoms with Gasteiger partial charge in [0, 0.05) is 31.0 Å². The van der Waals surface area contributed by atoms with Crippen LogP contribution in [0.25, 0.3) is 0 Å². The SMILES string of the molecule is CCN(CC)c1ccc(NC(=O)NCCc2ccc(OC)c(OC)c2)c(C)c1. The molecule has 0 saturated carbocycles. The Balaban J connectivity index is 1.89. The van der Waals surface area contributed by atoms with E-state index >= 15 is 0 Å². The first-order valence-corrected chi connectivity index (χ1v) is 9.63. The number of benzene rings is 2. The minimum Gasteiger partial charge on any atom is -0.493 e. The van der Waals surface area contributed by atoms with Crippen LogP contribution >= 0.6 is 0 Å². The summed E-state index contributed by atoms with van der Waals surface area (Å²) in [7, 11) is 3.22. The number of nitrogens with zero attached hydrogens (tertiary/aromatic N) is 1. The molecule has 6 heteroatoms. The Labute approximate surface area is 167 Å². The zero-order valence-corrected chi connectivity index (χ0v) is 17.5. The van der Waals surface area contributed by atoms with Crippen molar-refractivity contribution < 1.29 is 14.3 Å². The van der Waals surface area contributed by atoms with Crippen LogP contribution < -0.4 is 25.0 Å². The van der Waals surface area contributed by atoms with Crippen LogP contribution in [0.5, 0.6) is 11.5 Å². The van der Waals surface area contributed by atoms with E-state index in [0.29, 0.717) is 24.5 Å². The van der Waals surface area contributed by atoms with Gasteiger partial charge < -0.3 is 25.0 Å². The van der Waals surface area contributed by atoms with E-state index in [1.807, 2.05) is 37.3 Å². The molecule has 0 saturated heterocycles. The van der Waals surface area contributed by atoms with Crippen LogP contribution in [0.1, 0.15) is 25.0 Å². The smallest absolute Gasteiger partial charge is 0.319 e. The molecule has 152 valence electrons. The lowest BCUT2D eigenvalue weighted by Gasteiger charge is -2.22. The number of rotatable bonds is 9. The predicted octanol–water partition coefficient (Wildman–Crippen LogP) is 4.22. The maximum atomic E-state index is 12.2. The standard InChI is InChI=1S/C22H31N3O3/c1-6-25(7-2)18-9-10-19(16(3)14-18)24-22(26)23-13-12-17-8-11-20(27-4)21(15-17)28-5/h8-11,14-15H,6-7,12-13H2,1-5H3,(H2,23,24,26). The Hall–Kier alpha value is -2.89. The lowest BCUT2D eigenvalue weighted by molar-refractivity contribution is 0.252. The summed E-state index contributed by atoms with van der Waals surface area (Å²) in [5, 5.41) is 5.83. The summed E-state index contributed by atoms with van der Waals surface area (Å²) in [5.41, 5.74) is 4.10. The summed E-state index contributed by atoms with van der Waals surface area (Å²) in [5.74, 6) is 1.38. The van der Waals surface area contributed by atoms with Crippen LogP contribution in [0.2, 0.25) is 0 Å². The Morgan fingerprint density at radius 1 is 1.00 bits per heavy atom. The summed E-state index contributed by atoms with van der Waals surface area (Å²) in [4.78, 5) is 14.5. The van der Waals surface area contributed by atoms with E-state index in [2.05, 4.69) is 35.4 Å². The first-order chi connectivity index (χ1) is 13.5. The maximum absolute atomic E-state index is 12.2. The second-order valence-electron chi connectivity index (χ2n) is 6.49. The molecule has 0 aromatic heterocycles. The topological polar surface area (TPSA) is 62.8 Å². The van der Waals surface area contributed by atoms with Gasteiger partial charge in [-0.1, -0.05) is 6.07 Å². The molecule has 0 aliphatic rings. The van der Waals surface area contributed by atoms with Crippen LogP contribution in [0, 0.1) is 6.92 Å². The molecule has 0 unspecified atom stereocenters. The molecule has 2 N–H and O–H groups in total. The summed E-state index contributed by atoms with van der Waals surface area (Å²) in [6, 6.07) is 11.7. The number of hydrogen-bond acceptors (Lipinski definition) is 4. The number of urea groups is 1. The van der Waals surface area contributed by atoms with E-state index < -0.39 is 0 Å². The molecule has 28 heavy (non-hydrogen) atoms. The van der Waals surface area contributed by atoms with Crippen molar-refractivity contribution in [1.82, 2.24) is 5.32 Å². The second-order valence-corrected chi connectivity index (χ2v) is 6.49. The van der Waals surface area contributed by atoms with Gasteiger partial charge in [0.05, 0.1) is 14.2 Å². The van der Waals surface area contributed by atoms with Crippen molar-refractivity contribution in [2.24, 2.45) is 0 Å². The van der Waals surface area contributed by atoms with Crippen molar-refractivity contribution in [2.75, 3.05) is 44.1 Å². The average molecular weight is 386 g/mol. The van der Waals surface area contributed by atoms with Gasteiger partial charge in [-0.25, -0.2) is 4.79 Å². The van der Waals surface area contributed by atoms with E-state index in [9.17, 15) is 4.79 Å². The molecule has 0 spiro atoms. The van der Waals surface area contributed by atoms with Crippen LogP contribution in [0.15, 0.2) is 36.4 Å². The Morgan fingerprint density at radius 3 is 2.32 bits per heavy atom. The Bertz CT molecular complexity index is 789. The molecule has 0 aliphatic heterocycles. The van der Waals surface area contributed by atoms with Crippen molar-refractivity contribution in [1.29, 1.82) is 0 Å². The molecule has 0 atom stereocenters. The fourth-order valence-electron chi connectivity index (χ4n) is 3.10.